The van der Waals surface area contributed by atoms with E-state index >= 15 is 0 Å². The van der Waals surface area contributed by atoms with Crippen LogP contribution in [0, 0.1) is 0 Å². The van der Waals surface area contributed by atoms with Crippen LogP contribution < -0.4 is 0 Å². The number of thiazole rings is 1. The maximum absolute atomic E-state index is 4.02. The zero-order chi connectivity index (χ0) is 5.82. The van der Waals surface area contributed by atoms with Crippen LogP contribution in [0.4, 0.5) is 0 Å². The van der Waals surface area contributed by atoms with E-state index in [0.717, 1.165) is 4.34 Å². The number of hydrogen-bond acceptors (Lipinski definition) is 5. The largest absolute Gasteiger partial charge is 0.237 e. The fourth-order valence-electron chi connectivity index (χ4n) is 0.283. The third-order valence-corrected chi connectivity index (χ3v) is 3.63. The predicted molar refractivity (Wildman–Crippen MR) is 44.5 cm³/mol. The Hall–Kier alpha value is 0.680. The molecule has 1 heterocycles. The minimum absolute atomic E-state index is 1.06. The molecule has 0 fully saturated rings. The predicted octanol–water partition coefficient (Wildman–Crippen LogP) is 2.73. The van der Waals surface area contributed by atoms with Crippen molar-refractivity contribution in [3.8, 4) is 0 Å². The number of thiol groups is 1. The maximum atomic E-state index is 4.02. The molecule has 0 unspecified atom stereocenters. The van der Waals surface area contributed by atoms with E-state index in [9.17, 15) is 0 Å². The highest BCUT2D eigenvalue weighted by atomic mass is 33.5. The molecule has 0 aliphatic rings. The molecule has 0 atom stereocenters. The first-order valence-corrected chi connectivity index (χ1v) is 5.89. The van der Waals surface area contributed by atoms with Crippen LogP contribution in [0.3, 0.4) is 0 Å². The van der Waals surface area contributed by atoms with E-state index in [2.05, 4.69) is 16.6 Å². The van der Waals surface area contributed by atoms with E-state index in [1.54, 1.807) is 28.3 Å². The van der Waals surface area contributed by atoms with Crippen LogP contribution in [0.2, 0.25) is 0 Å². The van der Waals surface area contributed by atoms with Crippen molar-refractivity contribution < 1.29 is 0 Å². The first-order chi connectivity index (χ1) is 3.93. The van der Waals surface area contributed by atoms with E-state index < -0.39 is 0 Å². The van der Waals surface area contributed by atoms with Gasteiger partial charge in [0.05, 0.1) is 0 Å². The van der Waals surface area contributed by atoms with Gasteiger partial charge in [-0.25, -0.2) is 4.98 Å². The van der Waals surface area contributed by atoms with Crippen molar-refractivity contribution in [2.45, 2.75) is 4.34 Å². The molecule has 1 rings (SSSR count). The second-order valence-electron chi connectivity index (χ2n) is 0.956. The summed E-state index contributed by atoms with van der Waals surface area (Å²) in [5.41, 5.74) is 0. The summed E-state index contributed by atoms with van der Waals surface area (Å²) in [5, 5.41) is 1.95. The lowest BCUT2D eigenvalue weighted by Crippen LogP contribution is -1.54. The summed E-state index contributed by atoms with van der Waals surface area (Å²) in [6, 6.07) is 0. The third kappa shape index (κ3) is 1.89. The molecule has 0 N–H and O–H groups in total. The Morgan fingerprint density at radius 1 is 1.75 bits per heavy atom. The summed E-state index contributed by atoms with van der Waals surface area (Å²) in [4.78, 5) is 4.02. The fraction of sp³-hybridized carbons (Fsp3) is 0. The Bertz CT molecular complexity index is 137. The van der Waals surface area contributed by atoms with Crippen LogP contribution in [0.1, 0.15) is 0 Å². The van der Waals surface area contributed by atoms with Crippen LogP contribution >= 0.6 is 43.6 Å². The highest BCUT2D eigenvalue weighted by molar-refractivity contribution is 9.05. The molecule has 0 saturated carbocycles. The summed E-state index contributed by atoms with van der Waals surface area (Å²) in [7, 11) is 2.99. The average molecular weight is 181 g/mol. The van der Waals surface area contributed by atoms with Crippen molar-refractivity contribution in [3.63, 3.8) is 0 Å². The molecule has 1 aromatic heterocycles. The lowest BCUT2D eigenvalue weighted by atomic mass is 11.0. The number of aromatic nitrogens is 1. The Morgan fingerprint density at radius 3 is 3.12 bits per heavy atom. The second-order valence-corrected chi connectivity index (χ2v) is 5.10. The molecule has 0 aliphatic carbocycles. The molecule has 0 aromatic carbocycles. The van der Waals surface area contributed by atoms with Crippen molar-refractivity contribution in [1.29, 1.82) is 0 Å². The van der Waals surface area contributed by atoms with Gasteiger partial charge in [0.2, 0.25) is 0 Å². The molecule has 1 aromatic rings. The van der Waals surface area contributed by atoms with Gasteiger partial charge in [0.15, 0.2) is 4.34 Å². The molecule has 0 spiro atoms. The standard InChI is InChI=1S/C3H3NS4/c5-8-7-3-4-1-2-6-3/h1-2,5H. The third-order valence-electron chi connectivity index (χ3n) is 0.518. The first-order valence-electron chi connectivity index (χ1n) is 1.81. The van der Waals surface area contributed by atoms with Gasteiger partial charge in [0.25, 0.3) is 0 Å². The van der Waals surface area contributed by atoms with Gasteiger partial charge in [0, 0.05) is 11.6 Å². The van der Waals surface area contributed by atoms with Crippen LogP contribution in [0.25, 0.3) is 0 Å². The van der Waals surface area contributed by atoms with Gasteiger partial charge in [0.1, 0.15) is 0 Å². The minimum atomic E-state index is 1.06. The molecule has 0 amide bonds. The number of rotatable bonds is 2. The van der Waals surface area contributed by atoms with Crippen LogP contribution in [-0.4, -0.2) is 4.98 Å². The number of nitrogens with zero attached hydrogens (tertiary/aromatic N) is 1. The molecular weight excluding hydrogens is 178 g/mol. The molecule has 0 bridgehead atoms. The summed E-state index contributed by atoms with van der Waals surface area (Å²) in [6.07, 6.45) is 1.79. The lowest BCUT2D eigenvalue weighted by molar-refractivity contribution is 1.26. The number of hydrogen-bond donors (Lipinski definition) is 1. The molecule has 8 heavy (non-hydrogen) atoms. The van der Waals surface area contributed by atoms with Gasteiger partial charge >= 0.3 is 0 Å². The van der Waals surface area contributed by atoms with E-state index in [-0.39, 0.29) is 0 Å². The average Bonchev–Trinajstić information content (AvgIpc) is 2.19. The smallest absolute Gasteiger partial charge is 0.161 e. The Labute approximate surface area is 64.5 Å². The van der Waals surface area contributed by atoms with Crippen molar-refractivity contribution in [2.75, 3.05) is 0 Å². The van der Waals surface area contributed by atoms with Crippen molar-refractivity contribution >= 4 is 43.6 Å². The summed E-state index contributed by atoms with van der Waals surface area (Å²) < 4.78 is 1.06. The van der Waals surface area contributed by atoms with Crippen LogP contribution in [0.15, 0.2) is 15.9 Å². The summed E-state index contributed by atoms with van der Waals surface area (Å²) in [5.74, 6) is 0. The minimum Gasteiger partial charge on any atom is -0.237 e. The van der Waals surface area contributed by atoms with Crippen molar-refractivity contribution in [2.24, 2.45) is 0 Å². The fourth-order valence-corrected chi connectivity index (χ4v) is 3.20. The zero-order valence-corrected chi connectivity index (χ0v) is 7.12. The second kappa shape index (κ2) is 3.66. The van der Waals surface area contributed by atoms with E-state index in [0.29, 0.717) is 0 Å². The Morgan fingerprint density at radius 2 is 2.62 bits per heavy atom. The van der Waals surface area contributed by atoms with Gasteiger partial charge < -0.3 is 0 Å². The quantitative estimate of drug-likeness (QED) is 0.557. The van der Waals surface area contributed by atoms with Gasteiger partial charge in [-0.2, -0.15) is 0 Å². The molecule has 0 saturated heterocycles. The molecule has 5 heteroatoms. The SMILES string of the molecule is SSSc1nccs1. The van der Waals surface area contributed by atoms with E-state index in [4.69, 9.17) is 0 Å². The maximum Gasteiger partial charge on any atom is 0.161 e. The zero-order valence-electron chi connectivity index (χ0n) is 3.77. The van der Waals surface area contributed by atoms with Gasteiger partial charge in [-0.05, 0) is 20.6 Å². The Kier molecular flexibility index (Phi) is 3.11. The van der Waals surface area contributed by atoms with Crippen LogP contribution in [-0.2, 0) is 0 Å². The van der Waals surface area contributed by atoms with Gasteiger partial charge in [-0.1, -0.05) is 11.7 Å². The first kappa shape index (κ1) is 6.80. The van der Waals surface area contributed by atoms with E-state index in [1.807, 2.05) is 5.38 Å². The molecule has 0 aliphatic heterocycles. The molecule has 1 nitrogen and oxygen atoms in total. The van der Waals surface area contributed by atoms with Crippen molar-refractivity contribution in [3.05, 3.63) is 11.6 Å². The normalized spacial score (nSPS) is 9.62. The monoisotopic (exact) mass is 181 g/mol. The van der Waals surface area contributed by atoms with Crippen molar-refractivity contribution in [1.82, 2.24) is 4.98 Å². The summed E-state index contributed by atoms with van der Waals surface area (Å²) >= 11 is 5.58. The van der Waals surface area contributed by atoms with Gasteiger partial charge in [-0.3, -0.25) is 0 Å². The summed E-state index contributed by atoms with van der Waals surface area (Å²) in [6.45, 7) is 0. The Balaban J connectivity index is 2.50. The highest BCUT2D eigenvalue weighted by Crippen LogP contribution is 2.34. The van der Waals surface area contributed by atoms with Gasteiger partial charge in [-0.15, -0.1) is 11.3 Å². The van der Waals surface area contributed by atoms with E-state index in [1.165, 1.54) is 9.83 Å². The molecule has 0 radical (unpaired) electrons. The molecular formula is C3H3NS4. The lowest BCUT2D eigenvalue weighted by Gasteiger charge is -1.82. The molecule has 44 valence electrons. The topological polar surface area (TPSA) is 12.9 Å². The highest BCUT2D eigenvalue weighted by Gasteiger charge is 1.91. The van der Waals surface area contributed by atoms with Crippen LogP contribution in [0.5, 0.6) is 0 Å².